The average Bonchev–Trinajstić information content (AvgIpc) is 2.95. The highest BCUT2D eigenvalue weighted by Gasteiger charge is 2.33. The lowest BCUT2D eigenvalue weighted by Gasteiger charge is -2.22. The van der Waals surface area contributed by atoms with Gasteiger partial charge < -0.3 is 4.74 Å². The third-order valence-corrected chi connectivity index (χ3v) is 7.23. The van der Waals surface area contributed by atoms with E-state index in [9.17, 15) is 18.0 Å². The summed E-state index contributed by atoms with van der Waals surface area (Å²) in [5.41, 5.74) is 2.15. The van der Waals surface area contributed by atoms with Gasteiger partial charge in [-0.3, -0.25) is 14.1 Å². The molecule has 1 aliphatic carbocycles. The highest BCUT2D eigenvalue weighted by atomic mass is 32.2. The van der Waals surface area contributed by atoms with E-state index in [0.717, 1.165) is 5.39 Å². The summed E-state index contributed by atoms with van der Waals surface area (Å²) in [6.07, 6.45) is 0. The molecule has 0 unspecified atom stereocenters. The van der Waals surface area contributed by atoms with Crippen molar-refractivity contribution in [1.29, 1.82) is 0 Å². The first-order valence-electron chi connectivity index (χ1n) is 11.8. The molecule has 0 radical (unpaired) electrons. The van der Waals surface area contributed by atoms with E-state index in [1.165, 1.54) is 24.3 Å². The van der Waals surface area contributed by atoms with Crippen molar-refractivity contribution in [3.63, 3.8) is 0 Å². The SMILES string of the molecule is O=C1c2ccccc2C(=O)c2c1cc1ccccc1c2Oc1ccc(N=Nc2ccc(S(=O)(=O)O)cc2)cc1. The van der Waals surface area contributed by atoms with Gasteiger partial charge in [-0.05, 0) is 60.0 Å². The Hall–Kier alpha value is -4.99. The fraction of sp³-hybridized carbons (Fsp3) is 0. The second-order valence-corrected chi connectivity index (χ2v) is 10.2. The standard InChI is InChI=1S/C30H18N2O6S/c33-28-24-7-3-4-8-25(24)29(34)27-26(28)17-18-5-1-2-6-23(18)30(27)38-21-13-9-19(10-14-21)31-32-20-11-15-22(16-12-20)39(35,36)37/h1-17H,(H,35,36,37). The number of rotatable bonds is 5. The van der Waals surface area contributed by atoms with Gasteiger partial charge in [0.25, 0.3) is 10.1 Å². The first kappa shape index (κ1) is 24.4. The molecule has 6 rings (SSSR count). The first-order valence-corrected chi connectivity index (χ1v) is 13.2. The fourth-order valence-electron chi connectivity index (χ4n) is 4.48. The van der Waals surface area contributed by atoms with E-state index in [4.69, 9.17) is 9.29 Å². The van der Waals surface area contributed by atoms with Crippen molar-refractivity contribution in [2.75, 3.05) is 0 Å². The molecule has 190 valence electrons. The number of benzene rings is 5. The molecular weight excluding hydrogens is 516 g/mol. The summed E-state index contributed by atoms with van der Waals surface area (Å²) >= 11 is 0. The number of hydrogen-bond acceptors (Lipinski definition) is 7. The van der Waals surface area contributed by atoms with Crippen LogP contribution in [0.2, 0.25) is 0 Å². The van der Waals surface area contributed by atoms with Crippen LogP contribution in [0.15, 0.2) is 118 Å². The molecule has 0 amide bonds. The van der Waals surface area contributed by atoms with Crippen LogP contribution < -0.4 is 4.74 Å². The minimum absolute atomic E-state index is 0.226. The van der Waals surface area contributed by atoms with Gasteiger partial charge in [-0.25, -0.2) is 0 Å². The van der Waals surface area contributed by atoms with Crippen LogP contribution in [-0.2, 0) is 10.1 Å². The number of carbonyl (C=O) groups is 2. The van der Waals surface area contributed by atoms with Gasteiger partial charge in [0.2, 0.25) is 0 Å². The van der Waals surface area contributed by atoms with Crippen molar-refractivity contribution >= 4 is 43.8 Å². The number of fused-ring (bicyclic) bond motifs is 3. The molecule has 0 fully saturated rings. The number of nitrogens with zero attached hydrogens (tertiary/aromatic N) is 2. The lowest BCUT2D eigenvalue weighted by Crippen LogP contribution is -2.21. The maximum absolute atomic E-state index is 13.6. The molecule has 0 bridgehead atoms. The van der Waals surface area contributed by atoms with E-state index < -0.39 is 10.1 Å². The van der Waals surface area contributed by atoms with Crippen LogP contribution >= 0.6 is 0 Å². The Balaban J connectivity index is 1.33. The van der Waals surface area contributed by atoms with Gasteiger partial charge in [0.1, 0.15) is 11.5 Å². The number of azo groups is 1. The Kier molecular flexibility index (Phi) is 5.86. The molecule has 0 aliphatic heterocycles. The zero-order valence-electron chi connectivity index (χ0n) is 20.1. The van der Waals surface area contributed by atoms with Crippen LogP contribution in [0.4, 0.5) is 11.4 Å². The third kappa shape index (κ3) is 4.50. The highest BCUT2D eigenvalue weighted by molar-refractivity contribution is 7.85. The van der Waals surface area contributed by atoms with E-state index >= 15 is 0 Å². The number of ketones is 2. The normalized spacial score (nSPS) is 12.9. The molecule has 0 aromatic heterocycles. The first-order chi connectivity index (χ1) is 18.8. The summed E-state index contributed by atoms with van der Waals surface area (Å²) in [5, 5.41) is 9.70. The number of carbonyl (C=O) groups excluding carboxylic acids is 2. The molecule has 0 spiro atoms. The van der Waals surface area contributed by atoms with Gasteiger partial charge in [0.05, 0.1) is 21.8 Å². The Morgan fingerprint density at radius 3 is 1.85 bits per heavy atom. The molecule has 0 saturated heterocycles. The second kappa shape index (κ2) is 9.39. The maximum atomic E-state index is 13.6. The van der Waals surface area contributed by atoms with Crippen LogP contribution in [0.5, 0.6) is 11.5 Å². The highest BCUT2D eigenvalue weighted by Crippen LogP contribution is 2.41. The van der Waals surface area contributed by atoms with E-state index in [-0.39, 0.29) is 22.0 Å². The number of hydrogen-bond donors (Lipinski definition) is 1. The smallest absolute Gasteiger partial charge is 0.294 e. The van der Waals surface area contributed by atoms with E-state index in [1.807, 2.05) is 24.3 Å². The van der Waals surface area contributed by atoms with Crippen molar-refractivity contribution in [2.45, 2.75) is 4.90 Å². The van der Waals surface area contributed by atoms with E-state index in [2.05, 4.69) is 10.2 Å². The fourth-order valence-corrected chi connectivity index (χ4v) is 4.96. The lowest BCUT2D eigenvalue weighted by atomic mass is 9.82. The second-order valence-electron chi connectivity index (χ2n) is 8.82. The summed E-state index contributed by atoms with van der Waals surface area (Å²) in [7, 11) is -4.28. The van der Waals surface area contributed by atoms with Crippen LogP contribution in [0.1, 0.15) is 31.8 Å². The van der Waals surface area contributed by atoms with Crippen LogP contribution in [0.25, 0.3) is 10.8 Å². The van der Waals surface area contributed by atoms with Crippen molar-refractivity contribution in [1.82, 2.24) is 0 Å². The van der Waals surface area contributed by atoms with Crippen LogP contribution in [-0.4, -0.2) is 24.5 Å². The monoisotopic (exact) mass is 534 g/mol. The van der Waals surface area contributed by atoms with Crippen molar-refractivity contribution in [2.24, 2.45) is 10.2 Å². The van der Waals surface area contributed by atoms with E-state index in [1.54, 1.807) is 54.6 Å². The molecule has 1 aliphatic rings. The molecule has 5 aromatic rings. The zero-order chi connectivity index (χ0) is 27.1. The lowest BCUT2D eigenvalue weighted by molar-refractivity contribution is 0.0977. The van der Waals surface area contributed by atoms with Gasteiger partial charge in [-0.2, -0.15) is 18.6 Å². The molecule has 0 heterocycles. The average molecular weight is 535 g/mol. The van der Waals surface area contributed by atoms with Crippen LogP contribution in [0.3, 0.4) is 0 Å². The van der Waals surface area contributed by atoms with Gasteiger partial charge in [0.15, 0.2) is 11.6 Å². The van der Waals surface area contributed by atoms with Gasteiger partial charge >= 0.3 is 0 Å². The predicted octanol–water partition coefficient (Wildman–Crippen LogP) is 7.07. The minimum Gasteiger partial charge on any atom is -0.456 e. The number of ether oxygens (including phenoxy) is 1. The maximum Gasteiger partial charge on any atom is 0.294 e. The van der Waals surface area contributed by atoms with Crippen molar-refractivity contribution in [3.05, 3.63) is 125 Å². The molecule has 5 aromatic carbocycles. The van der Waals surface area contributed by atoms with Gasteiger partial charge in [0, 0.05) is 22.1 Å². The Morgan fingerprint density at radius 2 is 1.21 bits per heavy atom. The Labute approximate surface area is 223 Å². The molecule has 8 nitrogen and oxygen atoms in total. The quantitative estimate of drug-likeness (QED) is 0.186. The Morgan fingerprint density at radius 1 is 0.641 bits per heavy atom. The molecule has 39 heavy (non-hydrogen) atoms. The summed E-state index contributed by atoms with van der Waals surface area (Å²) in [5.74, 6) is 0.246. The molecule has 0 atom stereocenters. The molecule has 1 N–H and O–H groups in total. The van der Waals surface area contributed by atoms with Crippen molar-refractivity contribution < 1.29 is 27.3 Å². The van der Waals surface area contributed by atoms with Crippen molar-refractivity contribution in [3.8, 4) is 11.5 Å². The zero-order valence-corrected chi connectivity index (χ0v) is 20.9. The summed E-state index contributed by atoms with van der Waals surface area (Å²) in [4.78, 5) is 26.6. The van der Waals surface area contributed by atoms with Gasteiger partial charge in [-0.15, -0.1) is 0 Å². The summed E-state index contributed by atoms with van der Waals surface area (Å²) in [6, 6.07) is 27.9. The van der Waals surface area contributed by atoms with Gasteiger partial charge in [-0.1, -0.05) is 48.5 Å². The molecule has 0 saturated carbocycles. The minimum atomic E-state index is -4.28. The summed E-state index contributed by atoms with van der Waals surface area (Å²) in [6.45, 7) is 0. The topological polar surface area (TPSA) is 122 Å². The molecule has 9 heteroatoms. The summed E-state index contributed by atoms with van der Waals surface area (Å²) < 4.78 is 37.7. The van der Waals surface area contributed by atoms with Crippen LogP contribution in [0, 0.1) is 0 Å². The van der Waals surface area contributed by atoms with E-state index in [0.29, 0.717) is 45.0 Å². The third-order valence-electron chi connectivity index (χ3n) is 6.36. The predicted molar refractivity (Wildman–Crippen MR) is 144 cm³/mol. The molecular formula is C30H18N2O6S. The Bertz CT molecular complexity index is 1930. The largest absolute Gasteiger partial charge is 0.456 e.